The van der Waals surface area contributed by atoms with Crippen molar-refractivity contribution in [1.82, 2.24) is 4.90 Å². The van der Waals surface area contributed by atoms with Gasteiger partial charge >= 0.3 is 0 Å². The molecule has 1 aliphatic rings. The number of nitro groups is 1. The minimum atomic E-state index is -0.367. The topological polar surface area (TPSA) is 84.8 Å². The summed E-state index contributed by atoms with van der Waals surface area (Å²) in [5.74, 6) is 0.561. The Morgan fingerprint density at radius 1 is 1.75 bits per heavy atom. The van der Waals surface area contributed by atoms with Crippen LogP contribution in [-0.4, -0.2) is 48.4 Å². The first-order chi connectivity index (χ1) is 5.74. The first-order valence-electron chi connectivity index (χ1n) is 3.84. The van der Waals surface area contributed by atoms with E-state index in [0.29, 0.717) is 25.5 Å². The van der Waals surface area contributed by atoms with Crippen molar-refractivity contribution in [3.8, 4) is 0 Å². The van der Waals surface area contributed by atoms with Crippen molar-refractivity contribution in [2.45, 2.75) is 0 Å². The average Bonchev–Trinajstić information content (AvgIpc) is 2.37. The minimum Gasteiger partial charge on any atom is -0.352 e. The van der Waals surface area contributed by atoms with Crippen molar-refractivity contribution in [2.75, 3.05) is 32.7 Å². The number of rotatable bonds is 4. The van der Waals surface area contributed by atoms with Crippen LogP contribution in [0.2, 0.25) is 0 Å². The lowest BCUT2D eigenvalue weighted by atomic mass is 10.4. The summed E-state index contributed by atoms with van der Waals surface area (Å²) in [7, 11) is 0. The third-order valence-corrected chi connectivity index (χ3v) is 1.70. The van der Waals surface area contributed by atoms with E-state index in [4.69, 9.17) is 5.73 Å². The summed E-state index contributed by atoms with van der Waals surface area (Å²) in [5, 5.41) is 10.2. The predicted molar refractivity (Wildman–Crippen MR) is 44.8 cm³/mol. The molecule has 1 rings (SSSR count). The quantitative estimate of drug-likeness (QED) is 0.432. The summed E-state index contributed by atoms with van der Waals surface area (Å²) in [6, 6.07) is 0. The molecule has 6 heteroatoms. The lowest BCUT2D eigenvalue weighted by Gasteiger charge is -2.16. The molecule has 1 heterocycles. The van der Waals surface area contributed by atoms with Crippen LogP contribution in [0.15, 0.2) is 4.99 Å². The van der Waals surface area contributed by atoms with E-state index in [-0.39, 0.29) is 11.5 Å². The molecule has 0 amide bonds. The molecular weight excluding hydrogens is 160 g/mol. The predicted octanol–water partition coefficient (Wildman–Crippen LogP) is -1.06. The maximum Gasteiger partial charge on any atom is 0.260 e. The van der Waals surface area contributed by atoms with Crippen LogP contribution < -0.4 is 5.73 Å². The number of hydrogen-bond donors (Lipinski definition) is 1. The van der Waals surface area contributed by atoms with E-state index >= 15 is 0 Å². The van der Waals surface area contributed by atoms with E-state index in [2.05, 4.69) is 4.99 Å². The summed E-state index contributed by atoms with van der Waals surface area (Å²) in [5.41, 5.74) is 5.33. The van der Waals surface area contributed by atoms with Gasteiger partial charge in [0, 0.05) is 24.6 Å². The van der Waals surface area contributed by atoms with Crippen LogP contribution in [0.4, 0.5) is 0 Å². The first-order valence-corrected chi connectivity index (χ1v) is 3.84. The molecule has 0 radical (unpaired) electrons. The molecule has 0 bridgehead atoms. The Bertz CT molecular complexity index is 204. The molecule has 0 aromatic carbocycles. The van der Waals surface area contributed by atoms with E-state index in [1.54, 1.807) is 0 Å². The van der Waals surface area contributed by atoms with E-state index in [9.17, 15) is 10.1 Å². The molecule has 0 aromatic rings. The monoisotopic (exact) mass is 172 g/mol. The molecule has 68 valence electrons. The van der Waals surface area contributed by atoms with Crippen molar-refractivity contribution in [3.63, 3.8) is 0 Å². The Hall–Kier alpha value is -1.17. The van der Waals surface area contributed by atoms with E-state index in [1.807, 2.05) is 4.90 Å². The normalized spacial score (nSPS) is 16.4. The molecule has 6 nitrogen and oxygen atoms in total. The molecule has 0 atom stereocenters. The van der Waals surface area contributed by atoms with Gasteiger partial charge in [0.05, 0.1) is 6.54 Å². The zero-order chi connectivity index (χ0) is 8.97. The Kier molecular flexibility index (Phi) is 2.98. The van der Waals surface area contributed by atoms with Gasteiger partial charge in [0.15, 0.2) is 5.84 Å². The second-order valence-electron chi connectivity index (χ2n) is 2.56. The number of nitrogens with zero attached hydrogens (tertiary/aromatic N) is 3. The lowest BCUT2D eigenvalue weighted by Crippen LogP contribution is -2.36. The van der Waals surface area contributed by atoms with Crippen molar-refractivity contribution < 1.29 is 4.92 Å². The zero-order valence-electron chi connectivity index (χ0n) is 6.77. The summed E-state index contributed by atoms with van der Waals surface area (Å²) in [6.45, 7) is 2.41. The Balaban J connectivity index is 2.45. The minimum absolute atomic E-state index is 0.181. The third kappa shape index (κ3) is 2.16. The van der Waals surface area contributed by atoms with E-state index in [0.717, 1.165) is 6.54 Å². The Labute approximate surface area is 70.2 Å². The van der Waals surface area contributed by atoms with Crippen LogP contribution in [0.3, 0.4) is 0 Å². The van der Waals surface area contributed by atoms with Crippen molar-refractivity contribution in [2.24, 2.45) is 10.7 Å². The van der Waals surface area contributed by atoms with Crippen LogP contribution in [0.25, 0.3) is 0 Å². The third-order valence-electron chi connectivity index (χ3n) is 1.70. The van der Waals surface area contributed by atoms with E-state index < -0.39 is 0 Å². The van der Waals surface area contributed by atoms with Gasteiger partial charge in [-0.25, -0.2) is 0 Å². The number of nitrogens with two attached hydrogens (primary N) is 1. The van der Waals surface area contributed by atoms with Crippen LogP contribution in [0, 0.1) is 10.1 Å². The van der Waals surface area contributed by atoms with Crippen LogP contribution in [0.1, 0.15) is 0 Å². The van der Waals surface area contributed by atoms with Gasteiger partial charge in [-0.1, -0.05) is 0 Å². The number of amidine groups is 1. The van der Waals surface area contributed by atoms with Gasteiger partial charge in [-0.05, 0) is 0 Å². The van der Waals surface area contributed by atoms with Gasteiger partial charge in [0.1, 0.15) is 0 Å². The molecular formula is C6H12N4O2. The van der Waals surface area contributed by atoms with Gasteiger partial charge in [-0.2, -0.15) is 0 Å². The molecule has 0 unspecified atom stereocenters. The number of aliphatic imine (C=N–C) groups is 1. The van der Waals surface area contributed by atoms with Gasteiger partial charge < -0.3 is 10.6 Å². The molecule has 0 saturated carbocycles. The summed E-state index contributed by atoms with van der Waals surface area (Å²) >= 11 is 0. The van der Waals surface area contributed by atoms with Crippen molar-refractivity contribution in [1.29, 1.82) is 0 Å². The van der Waals surface area contributed by atoms with Gasteiger partial charge in [-0.3, -0.25) is 15.1 Å². The highest BCUT2D eigenvalue weighted by atomic mass is 16.6. The molecule has 0 fully saturated rings. The standard InChI is InChI=1S/C6H12N4O2/c7-1-3-9-4-2-8-6(9)5-10(11)12/h1-5,7H2. The van der Waals surface area contributed by atoms with Crippen molar-refractivity contribution in [3.05, 3.63) is 10.1 Å². The molecule has 0 saturated heterocycles. The highest BCUT2D eigenvalue weighted by Crippen LogP contribution is 2.00. The largest absolute Gasteiger partial charge is 0.352 e. The SMILES string of the molecule is NCCN1CCN=C1C[N+](=O)[O-]. The van der Waals surface area contributed by atoms with Crippen LogP contribution >= 0.6 is 0 Å². The van der Waals surface area contributed by atoms with Gasteiger partial charge in [-0.15, -0.1) is 0 Å². The van der Waals surface area contributed by atoms with Crippen LogP contribution in [0.5, 0.6) is 0 Å². The second-order valence-corrected chi connectivity index (χ2v) is 2.56. The molecule has 2 N–H and O–H groups in total. The zero-order valence-corrected chi connectivity index (χ0v) is 6.77. The Morgan fingerprint density at radius 3 is 3.08 bits per heavy atom. The highest BCUT2D eigenvalue weighted by molar-refractivity contribution is 5.84. The molecule has 0 aliphatic carbocycles. The van der Waals surface area contributed by atoms with Gasteiger partial charge in [0.2, 0.25) is 0 Å². The summed E-state index contributed by atoms with van der Waals surface area (Å²) in [6.07, 6.45) is 0. The van der Waals surface area contributed by atoms with Gasteiger partial charge in [0.25, 0.3) is 6.54 Å². The molecule has 0 spiro atoms. The van der Waals surface area contributed by atoms with Crippen molar-refractivity contribution >= 4 is 5.84 Å². The highest BCUT2D eigenvalue weighted by Gasteiger charge is 2.19. The fraction of sp³-hybridized carbons (Fsp3) is 0.833. The maximum absolute atomic E-state index is 10.2. The molecule has 1 aliphatic heterocycles. The van der Waals surface area contributed by atoms with E-state index in [1.165, 1.54) is 0 Å². The number of hydrogen-bond acceptors (Lipinski definition) is 5. The Morgan fingerprint density at radius 2 is 2.50 bits per heavy atom. The fourth-order valence-corrected chi connectivity index (χ4v) is 1.19. The first kappa shape index (κ1) is 8.92. The smallest absolute Gasteiger partial charge is 0.260 e. The fourth-order valence-electron chi connectivity index (χ4n) is 1.19. The summed E-state index contributed by atoms with van der Waals surface area (Å²) < 4.78 is 0. The summed E-state index contributed by atoms with van der Waals surface area (Å²) in [4.78, 5) is 15.7. The molecule has 12 heavy (non-hydrogen) atoms. The lowest BCUT2D eigenvalue weighted by molar-refractivity contribution is -0.464. The second kappa shape index (κ2) is 4.01. The maximum atomic E-state index is 10.2. The molecule has 0 aromatic heterocycles. The average molecular weight is 172 g/mol. The van der Waals surface area contributed by atoms with Crippen LogP contribution in [-0.2, 0) is 0 Å².